The van der Waals surface area contributed by atoms with E-state index in [2.05, 4.69) is 5.32 Å². The van der Waals surface area contributed by atoms with Crippen LogP contribution in [0.25, 0.3) is 0 Å². The summed E-state index contributed by atoms with van der Waals surface area (Å²) in [5.74, 6) is 0. The van der Waals surface area contributed by atoms with Crippen LogP contribution in [0.5, 0.6) is 0 Å². The number of rotatable bonds is 7. The number of hydrogen-bond donors (Lipinski definition) is 1. The molecule has 0 aliphatic rings. The van der Waals surface area contributed by atoms with Crippen molar-refractivity contribution in [1.82, 2.24) is 10.2 Å². The van der Waals surface area contributed by atoms with Crippen LogP contribution in [0.4, 0.5) is 0 Å². The summed E-state index contributed by atoms with van der Waals surface area (Å²) in [6.07, 6.45) is 0. The molecule has 0 aromatic carbocycles. The Bertz CT molecular complexity index is 179. The van der Waals surface area contributed by atoms with Gasteiger partial charge in [0, 0.05) is 33.4 Å². The Morgan fingerprint density at radius 1 is 1.53 bits per heavy atom. The minimum Gasteiger partial charge on any atom is -0.383 e. The van der Waals surface area contributed by atoms with Crippen molar-refractivity contribution in [3.8, 4) is 0 Å². The van der Waals surface area contributed by atoms with Crippen molar-refractivity contribution < 1.29 is 9.47 Å². The Kier molecular flexibility index (Phi) is 8.65. The molecule has 1 unspecified atom stereocenters. The van der Waals surface area contributed by atoms with Crippen molar-refractivity contribution in [1.29, 1.82) is 0 Å². The summed E-state index contributed by atoms with van der Waals surface area (Å²) in [6.45, 7) is 6.92. The molecule has 5 heteroatoms. The predicted octanol–water partition coefficient (Wildman–Crippen LogP) is 0.864. The Balaban J connectivity index is 3.68. The minimum absolute atomic E-state index is 0.233. The Labute approximate surface area is 97.9 Å². The van der Waals surface area contributed by atoms with Gasteiger partial charge in [-0.25, -0.2) is 0 Å². The highest BCUT2D eigenvalue weighted by molar-refractivity contribution is 7.80. The summed E-state index contributed by atoms with van der Waals surface area (Å²) in [5.41, 5.74) is 0. The SMILES string of the molecule is CCOCCN(C)C(=S)NC(C)COC. The highest BCUT2D eigenvalue weighted by Crippen LogP contribution is 1.90. The first-order valence-electron chi connectivity index (χ1n) is 5.20. The van der Waals surface area contributed by atoms with Gasteiger partial charge in [-0.1, -0.05) is 0 Å². The molecule has 0 aliphatic heterocycles. The Morgan fingerprint density at radius 2 is 2.20 bits per heavy atom. The van der Waals surface area contributed by atoms with E-state index in [1.54, 1.807) is 7.11 Å². The molecule has 0 rings (SSSR count). The van der Waals surface area contributed by atoms with E-state index < -0.39 is 0 Å². The van der Waals surface area contributed by atoms with E-state index in [4.69, 9.17) is 21.7 Å². The van der Waals surface area contributed by atoms with Gasteiger partial charge in [0.15, 0.2) is 5.11 Å². The number of ether oxygens (including phenoxy) is 2. The summed E-state index contributed by atoms with van der Waals surface area (Å²) in [5, 5.41) is 3.92. The zero-order valence-corrected chi connectivity index (χ0v) is 10.9. The number of likely N-dealkylation sites (N-methyl/N-ethyl adjacent to an activating group) is 1. The molecule has 0 fully saturated rings. The van der Waals surface area contributed by atoms with Crippen LogP contribution in [0, 0.1) is 0 Å². The van der Waals surface area contributed by atoms with Gasteiger partial charge in [0.2, 0.25) is 0 Å². The van der Waals surface area contributed by atoms with Crippen molar-refractivity contribution in [2.24, 2.45) is 0 Å². The smallest absolute Gasteiger partial charge is 0.169 e. The third-order valence-corrected chi connectivity index (χ3v) is 2.34. The van der Waals surface area contributed by atoms with Crippen molar-refractivity contribution in [2.45, 2.75) is 19.9 Å². The lowest BCUT2D eigenvalue weighted by Crippen LogP contribution is -2.44. The molecule has 0 heterocycles. The molecule has 0 bridgehead atoms. The van der Waals surface area contributed by atoms with E-state index in [9.17, 15) is 0 Å². The molecular formula is C10H22N2O2S. The summed E-state index contributed by atoms with van der Waals surface area (Å²) < 4.78 is 10.3. The lowest BCUT2D eigenvalue weighted by molar-refractivity contribution is 0.136. The second-order valence-electron chi connectivity index (χ2n) is 3.42. The quantitative estimate of drug-likeness (QED) is 0.522. The lowest BCUT2D eigenvalue weighted by Gasteiger charge is -2.23. The van der Waals surface area contributed by atoms with Gasteiger partial charge in [-0.15, -0.1) is 0 Å². The molecule has 4 nitrogen and oxygen atoms in total. The average Bonchev–Trinajstić information content (AvgIpc) is 2.18. The Hall–Kier alpha value is -0.390. The standard InChI is InChI=1S/C10H22N2O2S/c1-5-14-7-6-12(3)10(15)11-9(2)8-13-4/h9H,5-8H2,1-4H3,(H,11,15). The van der Waals surface area contributed by atoms with Gasteiger partial charge in [0.1, 0.15) is 0 Å². The summed E-state index contributed by atoms with van der Waals surface area (Å²) in [7, 11) is 3.63. The van der Waals surface area contributed by atoms with Gasteiger partial charge in [0.25, 0.3) is 0 Å². The van der Waals surface area contributed by atoms with Crippen LogP contribution >= 0.6 is 12.2 Å². The maximum atomic E-state index is 5.25. The van der Waals surface area contributed by atoms with E-state index >= 15 is 0 Å². The maximum Gasteiger partial charge on any atom is 0.169 e. The highest BCUT2D eigenvalue weighted by Gasteiger charge is 2.07. The average molecular weight is 234 g/mol. The fourth-order valence-electron chi connectivity index (χ4n) is 1.06. The topological polar surface area (TPSA) is 33.7 Å². The summed E-state index contributed by atoms with van der Waals surface area (Å²) in [4.78, 5) is 1.97. The van der Waals surface area contributed by atoms with Gasteiger partial charge in [-0.2, -0.15) is 0 Å². The molecule has 90 valence electrons. The summed E-state index contributed by atoms with van der Waals surface area (Å²) in [6, 6.07) is 0.233. The molecule has 0 saturated heterocycles. The van der Waals surface area contributed by atoms with E-state index in [1.165, 1.54) is 0 Å². The van der Waals surface area contributed by atoms with Crippen molar-refractivity contribution >= 4 is 17.3 Å². The van der Waals surface area contributed by atoms with Crippen molar-refractivity contribution in [2.75, 3.05) is 40.5 Å². The Morgan fingerprint density at radius 3 is 2.73 bits per heavy atom. The number of thiocarbonyl (C=S) groups is 1. The molecule has 0 aromatic heterocycles. The predicted molar refractivity (Wildman–Crippen MR) is 66.2 cm³/mol. The van der Waals surface area contributed by atoms with Crippen LogP contribution < -0.4 is 5.32 Å². The summed E-state index contributed by atoms with van der Waals surface area (Å²) >= 11 is 5.22. The normalized spacial score (nSPS) is 12.3. The molecule has 15 heavy (non-hydrogen) atoms. The van der Waals surface area contributed by atoms with E-state index in [-0.39, 0.29) is 6.04 Å². The highest BCUT2D eigenvalue weighted by atomic mass is 32.1. The largest absolute Gasteiger partial charge is 0.383 e. The number of hydrogen-bond acceptors (Lipinski definition) is 3. The third kappa shape index (κ3) is 7.53. The van der Waals surface area contributed by atoms with Crippen molar-refractivity contribution in [3.63, 3.8) is 0 Å². The zero-order chi connectivity index (χ0) is 11.7. The van der Waals surface area contributed by atoms with Gasteiger partial charge < -0.3 is 19.7 Å². The van der Waals surface area contributed by atoms with Crippen LogP contribution in [0.2, 0.25) is 0 Å². The maximum absolute atomic E-state index is 5.25. The molecule has 0 aliphatic carbocycles. The number of nitrogens with zero attached hydrogens (tertiary/aromatic N) is 1. The molecular weight excluding hydrogens is 212 g/mol. The van der Waals surface area contributed by atoms with Crippen LogP contribution in [0.1, 0.15) is 13.8 Å². The second kappa shape index (κ2) is 8.88. The zero-order valence-electron chi connectivity index (χ0n) is 10.1. The monoisotopic (exact) mass is 234 g/mol. The molecule has 0 saturated carbocycles. The van der Waals surface area contributed by atoms with Crippen LogP contribution in [-0.4, -0.2) is 56.6 Å². The number of nitrogens with one attached hydrogen (secondary N) is 1. The lowest BCUT2D eigenvalue weighted by atomic mass is 10.4. The van der Waals surface area contributed by atoms with Crippen LogP contribution in [-0.2, 0) is 9.47 Å². The van der Waals surface area contributed by atoms with E-state index in [0.717, 1.165) is 18.3 Å². The van der Waals surface area contributed by atoms with E-state index in [0.29, 0.717) is 13.2 Å². The van der Waals surface area contributed by atoms with Gasteiger partial charge in [-0.05, 0) is 26.1 Å². The molecule has 0 spiro atoms. The molecule has 1 N–H and O–H groups in total. The second-order valence-corrected chi connectivity index (χ2v) is 3.81. The van der Waals surface area contributed by atoms with Gasteiger partial charge in [0.05, 0.1) is 13.2 Å². The molecule has 0 radical (unpaired) electrons. The van der Waals surface area contributed by atoms with Gasteiger partial charge >= 0.3 is 0 Å². The molecule has 0 aromatic rings. The minimum atomic E-state index is 0.233. The number of methoxy groups -OCH3 is 1. The molecule has 1 atom stereocenters. The van der Waals surface area contributed by atoms with Crippen LogP contribution in [0.15, 0.2) is 0 Å². The first-order chi connectivity index (χ1) is 7.11. The van der Waals surface area contributed by atoms with Gasteiger partial charge in [-0.3, -0.25) is 0 Å². The molecule has 0 amide bonds. The first-order valence-corrected chi connectivity index (χ1v) is 5.61. The van der Waals surface area contributed by atoms with E-state index in [1.807, 2.05) is 25.8 Å². The third-order valence-electron chi connectivity index (χ3n) is 1.91. The fraction of sp³-hybridized carbons (Fsp3) is 0.900. The first kappa shape index (κ1) is 14.6. The fourth-order valence-corrected chi connectivity index (χ4v) is 1.35. The van der Waals surface area contributed by atoms with Crippen molar-refractivity contribution in [3.05, 3.63) is 0 Å². The van der Waals surface area contributed by atoms with Crippen LogP contribution in [0.3, 0.4) is 0 Å².